The Morgan fingerprint density at radius 3 is 1.60 bits per heavy atom. The Balaban J connectivity index is 1.45. The molecule has 2 bridgehead atoms. The summed E-state index contributed by atoms with van der Waals surface area (Å²) in [4.78, 5) is 39.4. The first-order valence-corrected chi connectivity index (χ1v) is 12.3. The third kappa shape index (κ3) is 2.80. The summed E-state index contributed by atoms with van der Waals surface area (Å²) >= 11 is 20.7. The zero-order valence-electron chi connectivity index (χ0n) is 18.5. The molecule has 1 N–H and O–H groups in total. The minimum absolute atomic E-state index is 0.497. The van der Waals surface area contributed by atoms with E-state index in [0.29, 0.717) is 10.7 Å². The molecule has 0 saturated carbocycles. The van der Waals surface area contributed by atoms with Crippen molar-refractivity contribution < 1.29 is 14.4 Å². The van der Waals surface area contributed by atoms with Gasteiger partial charge < -0.3 is 5.32 Å². The molecule has 176 valence electrons. The number of imide groups is 1. The van der Waals surface area contributed by atoms with E-state index in [2.05, 4.69) is 5.32 Å². The van der Waals surface area contributed by atoms with Gasteiger partial charge in [-0.1, -0.05) is 60.1 Å². The fourth-order valence-corrected chi connectivity index (χ4v) is 7.19. The number of amides is 3. The number of benzene rings is 3. The van der Waals surface area contributed by atoms with E-state index in [9.17, 15) is 14.4 Å². The van der Waals surface area contributed by atoms with Gasteiger partial charge in [-0.3, -0.25) is 19.3 Å². The minimum atomic E-state index is -1.28. The highest BCUT2D eigenvalue weighted by atomic mass is 35.5. The van der Waals surface area contributed by atoms with Crippen molar-refractivity contribution >= 4 is 58.2 Å². The van der Waals surface area contributed by atoms with Crippen molar-refractivity contribution in [2.75, 3.05) is 5.32 Å². The molecular weight excluding hydrogens is 507 g/mol. The summed E-state index contributed by atoms with van der Waals surface area (Å²) in [6.45, 7) is 1.53. The Bertz CT molecular complexity index is 1300. The van der Waals surface area contributed by atoms with Crippen molar-refractivity contribution in [1.82, 2.24) is 4.90 Å². The molecule has 7 rings (SSSR count). The average Bonchev–Trinajstić information content (AvgIpc) is 3.14. The van der Waals surface area contributed by atoms with Gasteiger partial charge in [-0.25, -0.2) is 0 Å². The molecule has 5 nitrogen and oxygen atoms in total. The summed E-state index contributed by atoms with van der Waals surface area (Å²) in [5, 5.41) is 3.28. The first-order chi connectivity index (χ1) is 16.7. The predicted octanol–water partition coefficient (Wildman–Crippen LogP) is 5.26. The highest BCUT2D eigenvalue weighted by Crippen LogP contribution is 2.69. The smallest absolute Gasteiger partial charge is 0.247 e. The van der Waals surface area contributed by atoms with Crippen LogP contribution in [-0.4, -0.2) is 28.7 Å². The van der Waals surface area contributed by atoms with Crippen molar-refractivity contribution in [3.05, 3.63) is 100 Å². The summed E-state index contributed by atoms with van der Waals surface area (Å²) in [5.41, 5.74) is 3.39. The van der Waals surface area contributed by atoms with Crippen LogP contribution in [0.4, 0.5) is 5.69 Å². The minimum Gasteiger partial charge on any atom is -0.324 e. The summed E-state index contributed by atoms with van der Waals surface area (Å²) in [5.74, 6) is -3.37. The molecule has 0 unspecified atom stereocenters. The van der Waals surface area contributed by atoms with Crippen molar-refractivity contribution in [2.45, 2.75) is 22.7 Å². The van der Waals surface area contributed by atoms with Gasteiger partial charge in [0.05, 0.1) is 11.8 Å². The van der Waals surface area contributed by atoms with Crippen molar-refractivity contribution in [3.8, 4) is 0 Å². The molecule has 3 aromatic rings. The highest BCUT2D eigenvalue weighted by molar-refractivity contribution is 6.36. The Labute approximate surface area is 217 Å². The summed E-state index contributed by atoms with van der Waals surface area (Å²) in [7, 11) is 0. The number of alkyl halides is 2. The number of nitrogens with one attached hydrogen (secondary N) is 1. The Morgan fingerprint density at radius 2 is 1.20 bits per heavy atom. The topological polar surface area (TPSA) is 66.5 Å². The molecule has 3 aromatic carbocycles. The number of hydrogen-bond donors (Lipinski definition) is 1. The highest BCUT2D eigenvalue weighted by Gasteiger charge is 2.73. The van der Waals surface area contributed by atoms with Crippen LogP contribution in [-0.2, 0) is 24.1 Å². The number of carbonyl (C=O) groups excluding carboxylic acids is 3. The third-order valence-corrected chi connectivity index (χ3v) is 9.03. The largest absolute Gasteiger partial charge is 0.324 e. The van der Waals surface area contributed by atoms with Crippen LogP contribution in [0.1, 0.15) is 29.2 Å². The molecule has 3 amide bonds. The monoisotopic (exact) mass is 524 g/mol. The van der Waals surface area contributed by atoms with E-state index in [-0.39, 0.29) is 0 Å². The molecule has 3 atom stereocenters. The van der Waals surface area contributed by atoms with E-state index < -0.39 is 45.3 Å². The number of anilines is 1. The second-order valence-electron chi connectivity index (χ2n) is 9.19. The van der Waals surface area contributed by atoms with Gasteiger partial charge in [-0.15, -0.1) is 23.2 Å². The third-order valence-electron chi connectivity index (χ3n) is 7.50. The molecule has 3 aliphatic carbocycles. The first kappa shape index (κ1) is 22.6. The van der Waals surface area contributed by atoms with Crippen molar-refractivity contribution in [3.63, 3.8) is 0 Å². The van der Waals surface area contributed by atoms with Crippen LogP contribution >= 0.6 is 34.8 Å². The number of halogens is 3. The standard InChI is InChI=1S/C27H19Cl3N2O3/c1-14(23(33)31-16-12-10-15(28)11-13-16)32-24(34)21-22(25(32)35)27(30)18-7-3-2-6-17(18)26(21,29)19-8-4-5-9-20(19)27/h2-14,21-22H,1H3,(H,31,33)/t14-,21+,22+,26?,27?/m1/s1. The molecule has 4 aliphatic rings. The van der Waals surface area contributed by atoms with Crippen molar-refractivity contribution in [2.24, 2.45) is 11.8 Å². The van der Waals surface area contributed by atoms with Crippen LogP contribution < -0.4 is 5.32 Å². The van der Waals surface area contributed by atoms with E-state index in [0.717, 1.165) is 27.2 Å². The number of hydrogen-bond acceptors (Lipinski definition) is 3. The number of likely N-dealkylation sites (tertiary alicyclic amines) is 1. The van der Waals surface area contributed by atoms with Gasteiger partial charge in [0.2, 0.25) is 17.7 Å². The lowest BCUT2D eigenvalue weighted by Gasteiger charge is -2.54. The zero-order chi connectivity index (χ0) is 24.7. The lowest BCUT2D eigenvalue weighted by Crippen LogP contribution is -2.57. The van der Waals surface area contributed by atoms with Crippen LogP contribution in [0.15, 0.2) is 72.8 Å². The molecule has 8 heteroatoms. The lowest BCUT2D eigenvalue weighted by atomic mass is 9.54. The van der Waals surface area contributed by atoms with Gasteiger partial charge in [0.15, 0.2) is 0 Å². The normalized spacial score (nSPS) is 28.9. The zero-order valence-corrected chi connectivity index (χ0v) is 20.7. The first-order valence-electron chi connectivity index (χ1n) is 11.2. The van der Waals surface area contributed by atoms with E-state index in [1.165, 1.54) is 6.92 Å². The molecule has 0 radical (unpaired) electrons. The van der Waals surface area contributed by atoms with Crippen LogP contribution in [0.2, 0.25) is 5.02 Å². The number of carbonyl (C=O) groups is 3. The predicted molar refractivity (Wildman–Crippen MR) is 135 cm³/mol. The van der Waals surface area contributed by atoms with E-state index >= 15 is 0 Å². The molecule has 0 aromatic heterocycles. The molecule has 1 saturated heterocycles. The van der Waals surface area contributed by atoms with Gasteiger partial charge in [-0.2, -0.15) is 0 Å². The molecule has 1 heterocycles. The van der Waals surface area contributed by atoms with Gasteiger partial charge >= 0.3 is 0 Å². The van der Waals surface area contributed by atoms with Crippen LogP contribution in [0.5, 0.6) is 0 Å². The molecule has 35 heavy (non-hydrogen) atoms. The second-order valence-corrected chi connectivity index (χ2v) is 10.8. The average molecular weight is 526 g/mol. The molecule has 1 fully saturated rings. The maximum Gasteiger partial charge on any atom is 0.247 e. The van der Waals surface area contributed by atoms with Gasteiger partial charge in [0, 0.05) is 10.7 Å². The molecular formula is C27H19Cl3N2O3. The fourth-order valence-electron chi connectivity index (χ4n) is 5.97. The summed E-state index contributed by atoms with van der Waals surface area (Å²) in [6.07, 6.45) is 0. The Morgan fingerprint density at radius 1 is 0.800 bits per heavy atom. The Kier molecular flexibility index (Phi) is 4.89. The molecule has 1 aliphatic heterocycles. The molecule has 0 spiro atoms. The van der Waals surface area contributed by atoms with Gasteiger partial charge in [0.1, 0.15) is 15.8 Å². The SMILES string of the molecule is C[C@H](C(=O)Nc1ccc(Cl)cc1)N1C(=O)[C@@H]2[C@@H](C1=O)C1(Cl)c3ccccc3C2(Cl)c2ccccc21. The fraction of sp³-hybridized carbons (Fsp3) is 0.222. The van der Waals surface area contributed by atoms with E-state index in [4.69, 9.17) is 34.8 Å². The quantitative estimate of drug-likeness (QED) is 0.375. The maximum atomic E-state index is 13.9. The number of nitrogens with zero attached hydrogens (tertiary/aromatic N) is 1. The van der Waals surface area contributed by atoms with Crippen molar-refractivity contribution in [1.29, 1.82) is 0 Å². The van der Waals surface area contributed by atoms with E-state index in [1.54, 1.807) is 24.3 Å². The van der Waals surface area contributed by atoms with E-state index in [1.807, 2.05) is 48.5 Å². The van der Waals surface area contributed by atoms with Crippen LogP contribution in [0.3, 0.4) is 0 Å². The number of rotatable bonds is 3. The second kappa shape index (κ2) is 7.57. The lowest BCUT2D eigenvalue weighted by molar-refractivity contribution is -0.146. The van der Waals surface area contributed by atoms with Gasteiger partial charge in [-0.05, 0) is 53.4 Å². The Hall–Kier alpha value is -2.86. The van der Waals surface area contributed by atoms with Gasteiger partial charge in [0.25, 0.3) is 0 Å². The summed E-state index contributed by atoms with van der Waals surface area (Å²) < 4.78 is 0. The van der Waals surface area contributed by atoms with Crippen LogP contribution in [0.25, 0.3) is 0 Å². The summed E-state index contributed by atoms with van der Waals surface area (Å²) in [6, 6.07) is 20.4. The maximum absolute atomic E-state index is 13.9. The van der Waals surface area contributed by atoms with Crippen LogP contribution in [0, 0.1) is 11.8 Å².